The summed E-state index contributed by atoms with van der Waals surface area (Å²) < 4.78 is 7.63. The molecule has 188 valence electrons. The fraction of sp³-hybridized carbons (Fsp3) is 0.370. The lowest BCUT2D eigenvalue weighted by Gasteiger charge is -2.26. The molecular weight excluding hydrogens is 490 g/mol. The van der Waals surface area contributed by atoms with Crippen LogP contribution >= 0.6 is 22.7 Å². The second-order valence-corrected chi connectivity index (χ2v) is 10.7. The number of amides is 1. The number of hydrogen-bond acceptors (Lipinski definition) is 7. The average molecular weight is 522 g/mol. The van der Waals surface area contributed by atoms with Crippen LogP contribution in [0.4, 0.5) is 0 Å². The molecule has 1 saturated heterocycles. The molecule has 0 aromatic carbocycles. The average Bonchev–Trinajstić information content (AvgIpc) is 3.67. The van der Waals surface area contributed by atoms with E-state index in [1.165, 1.54) is 4.88 Å². The number of hydrogen-bond donors (Lipinski definition) is 1. The molecule has 1 aliphatic heterocycles. The Morgan fingerprint density at radius 3 is 2.83 bits per heavy atom. The summed E-state index contributed by atoms with van der Waals surface area (Å²) in [6.45, 7) is 9.64. The maximum atomic E-state index is 13.2. The molecular formula is C27H31N5O2S2. The first-order valence-electron chi connectivity index (χ1n) is 12.3. The normalized spacial score (nSPS) is 14.3. The van der Waals surface area contributed by atoms with Crippen LogP contribution in [0.15, 0.2) is 47.3 Å². The number of nitrogens with one attached hydrogen (secondary N) is 1. The second kappa shape index (κ2) is 11.5. The lowest BCUT2D eigenvalue weighted by molar-refractivity contribution is 0.0383. The van der Waals surface area contributed by atoms with E-state index in [-0.39, 0.29) is 5.91 Å². The summed E-state index contributed by atoms with van der Waals surface area (Å²) >= 11 is 3.34. The van der Waals surface area contributed by atoms with Gasteiger partial charge in [0.15, 0.2) is 0 Å². The molecule has 0 saturated carbocycles. The molecule has 7 nitrogen and oxygen atoms in total. The molecule has 36 heavy (non-hydrogen) atoms. The van der Waals surface area contributed by atoms with Gasteiger partial charge in [-0.3, -0.25) is 14.7 Å². The van der Waals surface area contributed by atoms with E-state index in [0.29, 0.717) is 18.7 Å². The summed E-state index contributed by atoms with van der Waals surface area (Å²) in [5, 5.41) is 8.25. The first kappa shape index (κ1) is 24.8. The Bertz CT molecular complexity index is 1310. The number of thiazole rings is 1. The Balaban J connectivity index is 1.40. The van der Waals surface area contributed by atoms with Gasteiger partial charge < -0.3 is 14.6 Å². The van der Waals surface area contributed by atoms with Crippen molar-refractivity contribution in [1.82, 2.24) is 24.8 Å². The summed E-state index contributed by atoms with van der Waals surface area (Å²) in [4.78, 5) is 26.2. The zero-order valence-corrected chi connectivity index (χ0v) is 22.3. The largest absolute Gasteiger partial charge is 0.379 e. The highest BCUT2D eigenvalue weighted by atomic mass is 32.1. The molecule has 4 aromatic heterocycles. The first-order chi connectivity index (χ1) is 17.6. The Kier molecular flexibility index (Phi) is 7.91. The van der Waals surface area contributed by atoms with Crippen molar-refractivity contribution in [3.63, 3.8) is 0 Å². The van der Waals surface area contributed by atoms with Gasteiger partial charge in [0.2, 0.25) is 0 Å². The van der Waals surface area contributed by atoms with E-state index in [2.05, 4.69) is 55.7 Å². The fourth-order valence-corrected chi connectivity index (χ4v) is 5.93. The quantitative estimate of drug-likeness (QED) is 0.345. The van der Waals surface area contributed by atoms with Gasteiger partial charge in [0.05, 0.1) is 36.7 Å². The third-order valence-electron chi connectivity index (χ3n) is 6.51. The third-order valence-corrected chi connectivity index (χ3v) is 8.27. The van der Waals surface area contributed by atoms with Gasteiger partial charge in [-0.15, -0.1) is 22.7 Å². The van der Waals surface area contributed by atoms with Crippen molar-refractivity contribution in [2.45, 2.75) is 26.8 Å². The number of thiophene rings is 1. The molecule has 1 amide bonds. The van der Waals surface area contributed by atoms with E-state index in [1.807, 2.05) is 25.3 Å². The molecule has 5 rings (SSSR count). The van der Waals surface area contributed by atoms with Crippen LogP contribution < -0.4 is 5.32 Å². The molecule has 9 heteroatoms. The predicted molar refractivity (Wildman–Crippen MR) is 146 cm³/mol. The zero-order valence-electron chi connectivity index (χ0n) is 20.7. The van der Waals surface area contributed by atoms with Gasteiger partial charge in [-0.05, 0) is 43.0 Å². The molecule has 0 aliphatic carbocycles. The monoisotopic (exact) mass is 521 g/mol. The van der Waals surface area contributed by atoms with Crippen molar-refractivity contribution in [3.05, 3.63) is 69.1 Å². The highest BCUT2D eigenvalue weighted by Crippen LogP contribution is 2.32. The molecule has 0 spiro atoms. The number of aryl methyl sites for hydroxylation is 1. The molecule has 5 heterocycles. The van der Waals surface area contributed by atoms with Gasteiger partial charge in [-0.1, -0.05) is 13.0 Å². The van der Waals surface area contributed by atoms with Crippen LogP contribution in [0.25, 0.3) is 22.0 Å². The molecule has 1 N–H and O–H groups in total. The Labute approximate surface area is 219 Å². The Hall–Kier alpha value is -2.85. The number of rotatable bonds is 9. The van der Waals surface area contributed by atoms with Crippen LogP contribution in [0.5, 0.6) is 0 Å². The van der Waals surface area contributed by atoms with Crippen molar-refractivity contribution >= 4 is 28.6 Å². The van der Waals surface area contributed by atoms with Crippen LogP contribution in [0.1, 0.15) is 33.5 Å². The standard InChI is InChI=1S/C27H31N5O2S2/c1-3-21-15-20(6-7-28-21)27-30-24(18-36-27)25-16-23(19(2)32(25)17-22-5-4-14-35-22)26(33)29-8-9-31-10-12-34-13-11-31/h4-7,14-16,18H,3,8-13,17H2,1-2H3,(H,29,33). The third kappa shape index (κ3) is 5.59. The molecule has 1 fully saturated rings. The van der Waals surface area contributed by atoms with Crippen molar-refractivity contribution < 1.29 is 9.53 Å². The molecule has 1 aliphatic rings. The predicted octanol–water partition coefficient (Wildman–Crippen LogP) is 4.72. The van der Waals surface area contributed by atoms with Gasteiger partial charge in [-0.25, -0.2) is 4.98 Å². The summed E-state index contributed by atoms with van der Waals surface area (Å²) in [7, 11) is 0. The molecule has 0 bridgehead atoms. The van der Waals surface area contributed by atoms with Gasteiger partial charge in [0, 0.05) is 59.6 Å². The highest BCUT2D eigenvalue weighted by Gasteiger charge is 2.21. The van der Waals surface area contributed by atoms with E-state index in [1.54, 1.807) is 22.7 Å². The number of aromatic nitrogens is 3. The number of nitrogens with zero attached hydrogens (tertiary/aromatic N) is 4. The van der Waals surface area contributed by atoms with Gasteiger partial charge in [0.1, 0.15) is 5.01 Å². The van der Waals surface area contributed by atoms with Crippen molar-refractivity contribution in [2.24, 2.45) is 0 Å². The lowest BCUT2D eigenvalue weighted by atomic mass is 10.2. The van der Waals surface area contributed by atoms with Gasteiger partial charge in [-0.2, -0.15) is 0 Å². The van der Waals surface area contributed by atoms with Crippen molar-refractivity contribution in [2.75, 3.05) is 39.4 Å². The molecule has 0 unspecified atom stereocenters. The van der Waals surface area contributed by atoms with Crippen LogP contribution in [0.2, 0.25) is 0 Å². The van der Waals surface area contributed by atoms with E-state index < -0.39 is 0 Å². The Morgan fingerprint density at radius 2 is 2.06 bits per heavy atom. The minimum absolute atomic E-state index is 0.0379. The van der Waals surface area contributed by atoms with Crippen LogP contribution in [-0.2, 0) is 17.7 Å². The van der Waals surface area contributed by atoms with Crippen LogP contribution in [-0.4, -0.2) is 64.7 Å². The number of ether oxygens (including phenoxy) is 1. The highest BCUT2D eigenvalue weighted by molar-refractivity contribution is 7.13. The minimum atomic E-state index is -0.0379. The fourth-order valence-electron chi connectivity index (χ4n) is 4.43. The van der Waals surface area contributed by atoms with Gasteiger partial charge in [0.25, 0.3) is 5.91 Å². The van der Waals surface area contributed by atoms with Crippen LogP contribution in [0, 0.1) is 6.92 Å². The number of carbonyl (C=O) groups excluding carboxylic acids is 1. The summed E-state index contributed by atoms with van der Waals surface area (Å²) in [5.41, 5.74) is 5.64. The maximum Gasteiger partial charge on any atom is 0.253 e. The molecule has 4 aromatic rings. The number of morpholine rings is 1. The number of pyridine rings is 1. The first-order valence-corrected chi connectivity index (χ1v) is 14.1. The smallest absolute Gasteiger partial charge is 0.253 e. The lowest BCUT2D eigenvalue weighted by Crippen LogP contribution is -2.41. The summed E-state index contributed by atoms with van der Waals surface area (Å²) in [6.07, 6.45) is 2.73. The Morgan fingerprint density at radius 1 is 1.19 bits per heavy atom. The number of carbonyl (C=O) groups is 1. The maximum absolute atomic E-state index is 13.2. The van der Waals surface area contributed by atoms with Crippen LogP contribution in [0.3, 0.4) is 0 Å². The van der Waals surface area contributed by atoms with Crippen molar-refractivity contribution in [3.8, 4) is 22.0 Å². The van der Waals surface area contributed by atoms with Gasteiger partial charge >= 0.3 is 0 Å². The van der Waals surface area contributed by atoms with E-state index in [0.717, 1.165) is 72.6 Å². The van der Waals surface area contributed by atoms with E-state index in [4.69, 9.17) is 9.72 Å². The summed E-state index contributed by atoms with van der Waals surface area (Å²) in [5.74, 6) is -0.0379. The van der Waals surface area contributed by atoms with Crippen molar-refractivity contribution in [1.29, 1.82) is 0 Å². The molecule has 0 atom stereocenters. The molecule has 0 radical (unpaired) electrons. The second-order valence-electron chi connectivity index (χ2n) is 8.83. The SMILES string of the molecule is CCc1cc(-c2nc(-c3cc(C(=O)NCCN4CCOCC4)c(C)n3Cc3cccs3)cs2)ccn1. The zero-order chi connectivity index (χ0) is 24.9. The topological polar surface area (TPSA) is 72.3 Å². The van der Waals surface area contributed by atoms with E-state index >= 15 is 0 Å². The van der Waals surface area contributed by atoms with E-state index in [9.17, 15) is 4.79 Å². The minimum Gasteiger partial charge on any atom is -0.379 e. The summed E-state index contributed by atoms with van der Waals surface area (Å²) in [6, 6.07) is 10.3.